The molecule has 1 fully saturated rings. The second-order valence-corrected chi connectivity index (χ2v) is 7.54. The number of carbonyl (C=O) groups is 1. The summed E-state index contributed by atoms with van der Waals surface area (Å²) in [5, 5.41) is 25.6. The lowest BCUT2D eigenvalue weighted by Gasteiger charge is -2.26. The van der Waals surface area contributed by atoms with Crippen LogP contribution in [0.4, 0.5) is 5.69 Å². The van der Waals surface area contributed by atoms with Crippen molar-refractivity contribution in [1.29, 1.82) is 5.26 Å². The molecule has 0 radical (unpaired) electrons. The zero-order chi connectivity index (χ0) is 22.5. The second-order valence-electron chi connectivity index (χ2n) is 7.54. The summed E-state index contributed by atoms with van der Waals surface area (Å²) in [6.07, 6.45) is 6.18. The molecule has 2 heterocycles. The molecule has 0 spiro atoms. The third-order valence-electron chi connectivity index (χ3n) is 5.39. The monoisotopic (exact) mass is 427 g/mol. The molecule has 3 aromatic rings. The van der Waals surface area contributed by atoms with Gasteiger partial charge < -0.3 is 4.90 Å². The van der Waals surface area contributed by atoms with Crippen molar-refractivity contribution >= 4 is 17.7 Å². The number of hydrogen-bond acceptors (Lipinski definition) is 5. The van der Waals surface area contributed by atoms with Crippen LogP contribution >= 0.6 is 0 Å². The van der Waals surface area contributed by atoms with E-state index in [9.17, 15) is 20.2 Å². The fourth-order valence-electron chi connectivity index (χ4n) is 3.76. The first kappa shape index (κ1) is 21.0. The highest BCUT2D eigenvalue weighted by Crippen LogP contribution is 2.29. The average molecular weight is 427 g/mol. The van der Waals surface area contributed by atoms with Gasteiger partial charge in [0.1, 0.15) is 17.3 Å². The lowest BCUT2D eigenvalue weighted by Crippen LogP contribution is -2.36. The molecule has 1 aliphatic heterocycles. The van der Waals surface area contributed by atoms with E-state index < -0.39 is 4.92 Å². The molecular formula is C24H21N5O3. The summed E-state index contributed by atoms with van der Waals surface area (Å²) in [4.78, 5) is 25.4. The highest BCUT2D eigenvalue weighted by atomic mass is 16.6. The van der Waals surface area contributed by atoms with Crippen LogP contribution in [-0.2, 0) is 4.79 Å². The summed E-state index contributed by atoms with van der Waals surface area (Å²) >= 11 is 0. The molecule has 32 heavy (non-hydrogen) atoms. The van der Waals surface area contributed by atoms with Crippen LogP contribution in [0.15, 0.2) is 66.4 Å². The fraction of sp³-hybridized carbons (Fsp3) is 0.208. The third kappa shape index (κ3) is 4.42. The average Bonchev–Trinajstić information content (AvgIpc) is 3.27. The minimum Gasteiger partial charge on any atom is -0.338 e. The first-order chi connectivity index (χ1) is 15.6. The van der Waals surface area contributed by atoms with Gasteiger partial charge in [0.2, 0.25) is 0 Å². The predicted molar refractivity (Wildman–Crippen MR) is 120 cm³/mol. The van der Waals surface area contributed by atoms with Crippen LogP contribution in [-0.4, -0.2) is 38.6 Å². The standard InChI is InChI=1S/C24H21N5O3/c25-16-19(24(30)27-12-5-2-6-13-27)14-20-17-28(21-9-3-1-4-10-21)26-23(20)18-8-7-11-22(15-18)29(31)32/h1,3-4,7-11,14-15,17H,2,5-6,12-13H2. The molecule has 4 rings (SSSR count). The van der Waals surface area contributed by atoms with Crippen molar-refractivity contribution in [1.82, 2.24) is 14.7 Å². The topological polar surface area (TPSA) is 105 Å². The Labute approximate surface area is 185 Å². The zero-order valence-electron chi connectivity index (χ0n) is 17.3. The third-order valence-corrected chi connectivity index (χ3v) is 5.39. The number of likely N-dealkylation sites (tertiary alicyclic amines) is 1. The molecule has 0 bridgehead atoms. The number of nitro benzene ring substituents is 1. The Morgan fingerprint density at radius 3 is 2.53 bits per heavy atom. The Hall–Kier alpha value is -4.25. The van der Waals surface area contributed by atoms with Crippen LogP contribution in [0.2, 0.25) is 0 Å². The van der Waals surface area contributed by atoms with E-state index in [4.69, 9.17) is 0 Å². The molecule has 1 saturated heterocycles. The van der Waals surface area contributed by atoms with Gasteiger partial charge in [-0.15, -0.1) is 0 Å². The van der Waals surface area contributed by atoms with Crippen LogP contribution in [0.25, 0.3) is 23.0 Å². The number of amides is 1. The summed E-state index contributed by atoms with van der Waals surface area (Å²) in [5.74, 6) is -0.301. The molecule has 0 saturated carbocycles. The maximum Gasteiger partial charge on any atom is 0.270 e. The van der Waals surface area contributed by atoms with Gasteiger partial charge >= 0.3 is 0 Å². The smallest absolute Gasteiger partial charge is 0.270 e. The second kappa shape index (κ2) is 9.27. The van der Waals surface area contributed by atoms with Crippen LogP contribution in [0, 0.1) is 21.4 Å². The molecule has 2 aromatic carbocycles. The lowest BCUT2D eigenvalue weighted by atomic mass is 10.0. The number of piperidine rings is 1. The number of aromatic nitrogens is 2. The zero-order valence-corrected chi connectivity index (χ0v) is 17.3. The molecule has 160 valence electrons. The highest BCUT2D eigenvalue weighted by molar-refractivity contribution is 6.02. The van der Waals surface area contributed by atoms with Crippen LogP contribution in [0.5, 0.6) is 0 Å². The number of carbonyl (C=O) groups excluding carboxylic acids is 1. The van der Waals surface area contributed by atoms with Gasteiger partial charge in [-0.2, -0.15) is 10.4 Å². The molecule has 8 nitrogen and oxygen atoms in total. The van der Waals surface area contributed by atoms with Gasteiger partial charge in [-0.05, 0) is 37.5 Å². The van der Waals surface area contributed by atoms with Crippen LogP contribution in [0.1, 0.15) is 24.8 Å². The van der Waals surface area contributed by atoms with Crippen molar-refractivity contribution in [3.05, 3.63) is 82.0 Å². The van der Waals surface area contributed by atoms with E-state index in [0.717, 1.165) is 24.9 Å². The van der Waals surface area contributed by atoms with E-state index in [1.165, 1.54) is 18.2 Å². The molecule has 1 aliphatic rings. The van der Waals surface area contributed by atoms with Crippen molar-refractivity contribution < 1.29 is 9.72 Å². The van der Waals surface area contributed by atoms with E-state index in [-0.39, 0.29) is 17.2 Å². The predicted octanol–water partition coefficient (Wildman–Crippen LogP) is 4.37. The number of nitrogens with zero attached hydrogens (tertiary/aromatic N) is 5. The summed E-state index contributed by atoms with van der Waals surface area (Å²) in [5.41, 5.74) is 2.28. The Morgan fingerprint density at radius 2 is 1.84 bits per heavy atom. The maximum absolute atomic E-state index is 12.9. The van der Waals surface area contributed by atoms with Gasteiger partial charge in [0.25, 0.3) is 11.6 Å². The van der Waals surface area contributed by atoms with Gasteiger partial charge in [0.05, 0.1) is 10.6 Å². The summed E-state index contributed by atoms with van der Waals surface area (Å²) in [6.45, 7) is 1.28. The highest BCUT2D eigenvalue weighted by Gasteiger charge is 2.22. The Balaban J connectivity index is 1.81. The van der Waals surface area contributed by atoms with E-state index in [0.29, 0.717) is 29.9 Å². The molecular weight excluding hydrogens is 406 g/mol. The number of nitro groups is 1. The van der Waals surface area contributed by atoms with E-state index in [1.807, 2.05) is 36.4 Å². The van der Waals surface area contributed by atoms with Gasteiger partial charge in [0, 0.05) is 42.5 Å². The maximum atomic E-state index is 12.9. The minimum atomic E-state index is -0.464. The van der Waals surface area contributed by atoms with Crippen LogP contribution in [0.3, 0.4) is 0 Å². The first-order valence-electron chi connectivity index (χ1n) is 10.4. The van der Waals surface area contributed by atoms with Crippen molar-refractivity contribution in [3.8, 4) is 23.0 Å². The van der Waals surface area contributed by atoms with E-state index in [2.05, 4.69) is 5.10 Å². The summed E-state index contributed by atoms with van der Waals surface area (Å²) < 4.78 is 1.64. The van der Waals surface area contributed by atoms with Crippen LogP contribution < -0.4 is 0 Å². The SMILES string of the molecule is N#CC(=Cc1cn(-c2ccccc2)nc1-c1cccc([N+](=O)[O-])c1)C(=O)N1CCCCC1. The first-order valence-corrected chi connectivity index (χ1v) is 10.4. The molecule has 0 unspecified atom stereocenters. The molecule has 8 heteroatoms. The number of nitriles is 1. The van der Waals surface area contributed by atoms with E-state index in [1.54, 1.807) is 27.9 Å². The van der Waals surface area contributed by atoms with Crippen molar-refractivity contribution in [2.75, 3.05) is 13.1 Å². The number of hydrogen-bond donors (Lipinski definition) is 0. The van der Waals surface area contributed by atoms with Crippen molar-refractivity contribution in [2.45, 2.75) is 19.3 Å². The largest absolute Gasteiger partial charge is 0.338 e. The van der Waals surface area contributed by atoms with Gasteiger partial charge in [-0.3, -0.25) is 14.9 Å². The number of benzene rings is 2. The number of para-hydroxylation sites is 1. The minimum absolute atomic E-state index is 0.0196. The van der Waals surface area contributed by atoms with Gasteiger partial charge in [0.15, 0.2) is 0 Å². The summed E-state index contributed by atoms with van der Waals surface area (Å²) in [7, 11) is 0. The van der Waals surface area contributed by atoms with E-state index >= 15 is 0 Å². The Morgan fingerprint density at radius 1 is 1.09 bits per heavy atom. The van der Waals surface area contributed by atoms with Crippen molar-refractivity contribution in [2.24, 2.45) is 0 Å². The Kier molecular flexibility index (Phi) is 6.08. The molecule has 0 atom stereocenters. The van der Waals surface area contributed by atoms with Gasteiger partial charge in [-0.25, -0.2) is 4.68 Å². The molecule has 1 amide bonds. The quantitative estimate of drug-likeness (QED) is 0.260. The summed E-state index contributed by atoms with van der Waals surface area (Å²) in [6, 6.07) is 17.6. The molecule has 0 N–H and O–H groups in total. The molecule has 0 aliphatic carbocycles. The number of rotatable bonds is 5. The molecule has 1 aromatic heterocycles. The number of non-ortho nitro benzene ring substituents is 1. The normalized spacial score (nSPS) is 14.1. The Bertz CT molecular complexity index is 1220. The fourth-order valence-corrected chi connectivity index (χ4v) is 3.76. The lowest BCUT2D eigenvalue weighted by molar-refractivity contribution is -0.384. The van der Waals surface area contributed by atoms with Gasteiger partial charge in [-0.1, -0.05) is 30.3 Å². The van der Waals surface area contributed by atoms with Crippen molar-refractivity contribution in [3.63, 3.8) is 0 Å².